The Kier molecular flexibility index (Phi) is 6.89. The molecule has 0 fully saturated rings. The molecular weight excluding hydrogens is 404 g/mol. The molecule has 0 unspecified atom stereocenters. The number of hydrogen-bond acceptors (Lipinski definition) is 6. The number of amides is 3. The molecule has 0 aliphatic carbocycles. The summed E-state index contributed by atoms with van der Waals surface area (Å²) in [5, 5.41) is 2.80. The average molecular weight is 426 g/mol. The van der Waals surface area contributed by atoms with Crippen LogP contribution in [-0.2, 0) is 16.1 Å². The molecule has 1 N–H and O–H groups in total. The number of nitrogens with one attached hydrogen (secondary N) is 1. The molecule has 0 spiro atoms. The van der Waals surface area contributed by atoms with Crippen molar-refractivity contribution in [3.05, 3.63) is 70.8 Å². The first-order chi connectivity index (χ1) is 14.5. The van der Waals surface area contributed by atoms with Crippen molar-refractivity contribution in [3.8, 4) is 0 Å². The van der Waals surface area contributed by atoms with E-state index in [4.69, 9.17) is 0 Å². The summed E-state index contributed by atoms with van der Waals surface area (Å²) < 4.78 is 4.67. The first kappa shape index (κ1) is 21.6. The average Bonchev–Trinajstić information content (AvgIpc) is 3.03. The molecule has 3 rings (SSSR count). The largest absolute Gasteiger partial charge is 0.465 e. The molecule has 0 aromatic heterocycles. The molecule has 2 aromatic rings. The molecule has 0 saturated carbocycles. The van der Waals surface area contributed by atoms with Crippen LogP contribution in [0.3, 0.4) is 0 Å². The molecule has 30 heavy (non-hydrogen) atoms. The molecule has 0 saturated heterocycles. The highest BCUT2D eigenvalue weighted by molar-refractivity contribution is 7.98. The molecule has 156 valence electrons. The minimum atomic E-state index is -0.890. The van der Waals surface area contributed by atoms with E-state index in [2.05, 4.69) is 10.1 Å². The second kappa shape index (κ2) is 9.58. The van der Waals surface area contributed by atoms with Crippen molar-refractivity contribution in [1.82, 2.24) is 10.2 Å². The third kappa shape index (κ3) is 4.38. The van der Waals surface area contributed by atoms with E-state index in [9.17, 15) is 19.2 Å². The van der Waals surface area contributed by atoms with Gasteiger partial charge >= 0.3 is 5.97 Å². The normalized spacial score (nSPS) is 13.7. The van der Waals surface area contributed by atoms with Crippen molar-refractivity contribution >= 4 is 35.5 Å². The Bertz CT molecular complexity index is 939. The zero-order valence-corrected chi connectivity index (χ0v) is 17.5. The number of ether oxygens (including phenoxy) is 1. The van der Waals surface area contributed by atoms with Crippen LogP contribution in [-0.4, -0.2) is 53.8 Å². The Hall–Kier alpha value is -3.13. The quantitative estimate of drug-likeness (QED) is 0.515. The number of esters is 1. The molecule has 1 aliphatic rings. The molecule has 8 heteroatoms. The minimum Gasteiger partial charge on any atom is -0.465 e. The van der Waals surface area contributed by atoms with Gasteiger partial charge in [-0.25, -0.2) is 4.79 Å². The van der Waals surface area contributed by atoms with Gasteiger partial charge in [0.2, 0.25) is 5.91 Å². The first-order valence-corrected chi connectivity index (χ1v) is 10.8. The Morgan fingerprint density at radius 3 is 2.17 bits per heavy atom. The summed E-state index contributed by atoms with van der Waals surface area (Å²) in [5.41, 5.74) is 1.84. The molecule has 1 atom stereocenters. The Morgan fingerprint density at radius 2 is 1.63 bits per heavy atom. The van der Waals surface area contributed by atoms with Crippen LogP contribution in [0.15, 0.2) is 48.5 Å². The number of benzene rings is 2. The lowest BCUT2D eigenvalue weighted by Gasteiger charge is -2.25. The van der Waals surface area contributed by atoms with Crippen molar-refractivity contribution in [2.24, 2.45) is 0 Å². The number of carbonyl (C=O) groups is 4. The number of hydrogen-bond donors (Lipinski definition) is 1. The van der Waals surface area contributed by atoms with Crippen molar-refractivity contribution in [2.45, 2.75) is 19.0 Å². The lowest BCUT2D eigenvalue weighted by Crippen LogP contribution is -2.49. The standard InChI is InChI=1S/C22H22N2O5S/c1-29-22(28)15-9-7-14(8-10-15)13-23-19(25)18(11-12-30-2)24-20(26)16-5-3-4-6-17(16)21(24)27/h3-10,18H,11-13H2,1-2H3,(H,23,25)/t18-/m0/s1. The van der Waals surface area contributed by atoms with Crippen LogP contribution in [0.2, 0.25) is 0 Å². The predicted octanol–water partition coefficient (Wildman–Crippen LogP) is 2.51. The Labute approximate surface area is 178 Å². The van der Waals surface area contributed by atoms with Crippen LogP contribution in [0.1, 0.15) is 43.1 Å². The lowest BCUT2D eigenvalue weighted by atomic mass is 10.1. The predicted molar refractivity (Wildman–Crippen MR) is 113 cm³/mol. The van der Waals surface area contributed by atoms with Gasteiger partial charge in [-0.2, -0.15) is 11.8 Å². The zero-order chi connectivity index (χ0) is 21.7. The van der Waals surface area contributed by atoms with Gasteiger partial charge in [0, 0.05) is 6.54 Å². The van der Waals surface area contributed by atoms with E-state index in [1.165, 1.54) is 7.11 Å². The highest BCUT2D eigenvalue weighted by Gasteiger charge is 2.42. The first-order valence-electron chi connectivity index (χ1n) is 9.38. The van der Waals surface area contributed by atoms with Gasteiger partial charge in [-0.3, -0.25) is 19.3 Å². The van der Waals surface area contributed by atoms with Crippen LogP contribution < -0.4 is 5.32 Å². The topological polar surface area (TPSA) is 92.8 Å². The fourth-order valence-corrected chi connectivity index (χ4v) is 3.74. The summed E-state index contributed by atoms with van der Waals surface area (Å²) in [6.07, 6.45) is 2.26. The fraction of sp³-hybridized carbons (Fsp3) is 0.273. The number of rotatable bonds is 8. The molecule has 1 aliphatic heterocycles. The van der Waals surface area contributed by atoms with Crippen LogP contribution >= 0.6 is 11.8 Å². The maximum Gasteiger partial charge on any atom is 0.337 e. The maximum absolute atomic E-state index is 12.9. The summed E-state index contributed by atoms with van der Waals surface area (Å²) in [7, 11) is 1.31. The molecule has 7 nitrogen and oxygen atoms in total. The van der Waals surface area contributed by atoms with Gasteiger partial charge in [0.15, 0.2) is 0 Å². The number of fused-ring (bicyclic) bond motifs is 1. The van der Waals surface area contributed by atoms with Gasteiger partial charge in [0.05, 0.1) is 23.8 Å². The van der Waals surface area contributed by atoms with E-state index < -0.39 is 29.7 Å². The van der Waals surface area contributed by atoms with Crippen LogP contribution in [0, 0.1) is 0 Å². The minimum absolute atomic E-state index is 0.208. The number of carbonyl (C=O) groups excluding carboxylic acids is 4. The molecule has 1 heterocycles. The molecular formula is C22H22N2O5S. The number of imide groups is 1. The SMILES string of the molecule is COC(=O)c1ccc(CNC(=O)[C@H](CCSC)N2C(=O)c3ccccc3C2=O)cc1. The lowest BCUT2D eigenvalue weighted by molar-refractivity contribution is -0.125. The van der Waals surface area contributed by atoms with E-state index in [1.54, 1.807) is 60.3 Å². The summed E-state index contributed by atoms with van der Waals surface area (Å²) >= 11 is 1.54. The molecule has 3 amide bonds. The molecule has 0 bridgehead atoms. The van der Waals surface area contributed by atoms with Gasteiger partial charge in [-0.05, 0) is 48.3 Å². The number of methoxy groups -OCH3 is 1. The molecule has 0 radical (unpaired) electrons. The fourth-order valence-electron chi connectivity index (χ4n) is 3.28. The summed E-state index contributed by atoms with van der Waals surface area (Å²) in [6, 6.07) is 12.4. The van der Waals surface area contributed by atoms with Crippen LogP contribution in [0.5, 0.6) is 0 Å². The van der Waals surface area contributed by atoms with E-state index in [-0.39, 0.29) is 6.54 Å². The smallest absolute Gasteiger partial charge is 0.337 e. The summed E-state index contributed by atoms with van der Waals surface area (Å²) in [4.78, 5) is 51.1. The third-order valence-corrected chi connectivity index (χ3v) is 5.52. The third-order valence-electron chi connectivity index (χ3n) is 4.88. The van der Waals surface area contributed by atoms with E-state index in [0.29, 0.717) is 28.9 Å². The number of thioether (sulfide) groups is 1. The van der Waals surface area contributed by atoms with Gasteiger partial charge < -0.3 is 10.1 Å². The van der Waals surface area contributed by atoms with Crippen molar-refractivity contribution < 1.29 is 23.9 Å². The van der Waals surface area contributed by atoms with E-state index in [0.717, 1.165) is 10.5 Å². The second-order valence-electron chi connectivity index (χ2n) is 6.73. The van der Waals surface area contributed by atoms with Crippen LogP contribution in [0.25, 0.3) is 0 Å². The van der Waals surface area contributed by atoms with Gasteiger partial charge in [-0.15, -0.1) is 0 Å². The Morgan fingerprint density at radius 1 is 1.03 bits per heavy atom. The second-order valence-corrected chi connectivity index (χ2v) is 7.72. The van der Waals surface area contributed by atoms with Crippen LogP contribution in [0.4, 0.5) is 0 Å². The van der Waals surface area contributed by atoms with E-state index >= 15 is 0 Å². The van der Waals surface area contributed by atoms with Crippen molar-refractivity contribution in [3.63, 3.8) is 0 Å². The van der Waals surface area contributed by atoms with Gasteiger partial charge in [0.1, 0.15) is 6.04 Å². The number of nitrogens with zero attached hydrogens (tertiary/aromatic N) is 1. The highest BCUT2D eigenvalue weighted by atomic mass is 32.2. The maximum atomic E-state index is 12.9. The van der Waals surface area contributed by atoms with Gasteiger partial charge in [-0.1, -0.05) is 24.3 Å². The van der Waals surface area contributed by atoms with E-state index in [1.807, 2.05) is 6.26 Å². The Balaban J connectivity index is 1.73. The van der Waals surface area contributed by atoms with Crippen molar-refractivity contribution in [1.29, 1.82) is 0 Å². The zero-order valence-electron chi connectivity index (χ0n) is 16.7. The summed E-state index contributed by atoms with van der Waals surface area (Å²) in [5.74, 6) is -1.10. The highest BCUT2D eigenvalue weighted by Crippen LogP contribution is 2.26. The molecule has 2 aromatic carbocycles. The van der Waals surface area contributed by atoms with Gasteiger partial charge in [0.25, 0.3) is 11.8 Å². The summed E-state index contributed by atoms with van der Waals surface area (Å²) in [6.45, 7) is 0.208. The monoisotopic (exact) mass is 426 g/mol. The van der Waals surface area contributed by atoms with Crippen molar-refractivity contribution in [2.75, 3.05) is 19.1 Å².